The molecule has 0 amide bonds. The van der Waals surface area contributed by atoms with Gasteiger partial charge in [0.05, 0.1) is 29.9 Å². The molecule has 5 rings (SSSR count). The minimum absolute atomic E-state index is 0.254. The second kappa shape index (κ2) is 7.54. The van der Waals surface area contributed by atoms with Gasteiger partial charge in [-0.15, -0.1) is 0 Å². The minimum atomic E-state index is -0.254. The Hall–Kier alpha value is -3.25. The predicted molar refractivity (Wildman–Crippen MR) is 116 cm³/mol. The first-order valence-electron chi connectivity index (χ1n) is 9.59. The van der Waals surface area contributed by atoms with Gasteiger partial charge < -0.3 is 18.9 Å². The summed E-state index contributed by atoms with van der Waals surface area (Å²) in [7, 11) is 1.61. The molecule has 3 heterocycles. The van der Waals surface area contributed by atoms with Crippen molar-refractivity contribution in [3.63, 3.8) is 0 Å². The van der Waals surface area contributed by atoms with Crippen LogP contribution in [0.2, 0.25) is 5.02 Å². The number of ether oxygens (including phenoxy) is 2. The fourth-order valence-corrected chi connectivity index (χ4v) is 4.11. The molecule has 0 unspecified atom stereocenters. The summed E-state index contributed by atoms with van der Waals surface area (Å²) >= 11 is 6.60. The van der Waals surface area contributed by atoms with Crippen molar-refractivity contribution >= 4 is 28.2 Å². The van der Waals surface area contributed by atoms with E-state index in [0.717, 1.165) is 34.4 Å². The maximum Gasteiger partial charge on any atom is 0.213 e. The van der Waals surface area contributed by atoms with Gasteiger partial charge in [0.15, 0.2) is 5.75 Å². The van der Waals surface area contributed by atoms with E-state index in [9.17, 15) is 4.39 Å². The zero-order valence-corrected chi connectivity index (χ0v) is 17.1. The molecule has 0 bridgehead atoms. The average Bonchev–Trinajstić information content (AvgIpc) is 3.17. The molecule has 0 spiro atoms. The third-order valence-corrected chi connectivity index (χ3v) is 5.55. The fraction of sp³-hybridized carbons (Fsp3) is 0.174. The summed E-state index contributed by atoms with van der Waals surface area (Å²) in [5.41, 5.74) is 3.80. The van der Waals surface area contributed by atoms with E-state index in [0.29, 0.717) is 29.8 Å². The van der Waals surface area contributed by atoms with Crippen molar-refractivity contribution in [2.24, 2.45) is 0 Å². The van der Waals surface area contributed by atoms with Crippen LogP contribution >= 0.6 is 11.6 Å². The number of hydrogen-bond acceptors (Lipinski definition) is 4. The monoisotopic (exact) mass is 423 g/mol. The van der Waals surface area contributed by atoms with Crippen LogP contribution in [0.4, 0.5) is 10.1 Å². The standard InChI is InChI=1S/C23H19ClFN3O2/c1-29-22-10-15(4-6-26-22)14-27-8-9-30-23-19(24)12-18(13-21(23)27)28-7-5-16-11-17(25)2-3-20(16)28/h2-7,10-13H,8-9,14H2,1H3. The molecule has 1 aliphatic heterocycles. The Balaban J connectivity index is 1.56. The molecular formula is C23H19ClFN3O2. The number of nitrogens with zero attached hydrogens (tertiary/aromatic N) is 3. The molecule has 0 N–H and O–H groups in total. The van der Waals surface area contributed by atoms with Crippen molar-refractivity contribution in [3.05, 3.63) is 77.3 Å². The number of rotatable bonds is 4. The average molecular weight is 424 g/mol. The molecule has 0 atom stereocenters. The second-order valence-electron chi connectivity index (χ2n) is 7.14. The van der Waals surface area contributed by atoms with Crippen LogP contribution in [0.3, 0.4) is 0 Å². The molecule has 2 aromatic carbocycles. The molecule has 1 aliphatic rings. The summed E-state index contributed by atoms with van der Waals surface area (Å²) in [6, 6.07) is 14.5. The summed E-state index contributed by atoms with van der Waals surface area (Å²) in [6.07, 6.45) is 3.66. The van der Waals surface area contributed by atoms with Crippen LogP contribution in [-0.4, -0.2) is 29.8 Å². The van der Waals surface area contributed by atoms with Crippen LogP contribution in [0.5, 0.6) is 11.6 Å². The molecule has 2 aromatic heterocycles. The van der Waals surface area contributed by atoms with Gasteiger partial charge in [0.2, 0.25) is 5.88 Å². The van der Waals surface area contributed by atoms with E-state index in [1.807, 2.05) is 35.0 Å². The predicted octanol–water partition coefficient (Wildman–Crippen LogP) is 5.23. The Morgan fingerprint density at radius 2 is 2.07 bits per heavy atom. The second-order valence-corrected chi connectivity index (χ2v) is 7.55. The molecule has 30 heavy (non-hydrogen) atoms. The highest BCUT2D eigenvalue weighted by molar-refractivity contribution is 6.32. The Bertz CT molecular complexity index is 1240. The number of pyridine rings is 1. The number of hydrogen-bond donors (Lipinski definition) is 0. The maximum absolute atomic E-state index is 13.6. The quantitative estimate of drug-likeness (QED) is 0.451. The highest BCUT2D eigenvalue weighted by atomic mass is 35.5. The lowest BCUT2D eigenvalue weighted by Gasteiger charge is -2.32. The summed E-state index contributed by atoms with van der Waals surface area (Å²) in [4.78, 5) is 6.41. The van der Waals surface area contributed by atoms with E-state index < -0.39 is 0 Å². The van der Waals surface area contributed by atoms with Crippen molar-refractivity contribution in [1.29, 1.82) is 0 Å². The van der Waals surface area contributed by atoms with Crippen LogP contribution in [0.25, 0.3) is 16.6 Å². The van der Waals surface area contributed by atoms with Gasteiger partial charge in [-0.3, -0.25) is 0 Å². The zero-order valence-electron chi connectivity index (χ0n) is 16.3. The van der Waals surface area contributed by atoms with Crippen molar-refractivity contribution in [1.82, 2.24) is 9.55 Å². The third-order valence-electron chi connectivity index (χ3n) is 5.27. The molecule has 0 aliphatic carbocycles. The van der Waals surface area contributed by atoms with Crippen molar-refractivity contribution < 1.29 is 13.9 Å². The number of benzene rings is 2. The van der Waals surface area contributed by atoms with Crippen LogP contribution in [-0.2, 0) is 6.54 Å². The lowest BCUT2D eigenvalue weighted by Crippen LogP contribution is -2.32. The van der Waals surface area contributed by atoms with Gasteiger partial charge in [-0.25, -0.2) is 9.37 Å². The van der Waals surface area contributed by atoms with Gasteiger partial charge in [-0.1, -0.05) is 11.6 Å². The number of anilines is 1. The van der Waals surface area contributed by atoms with Crippen LogP contribution in [0.1, 0.15) is 5.56 Å². The van der Waals surface area contributed by atoms with Gasteiger partial charge in [0.1, 0.15) is 12.4 Å². The van der Waals surface area contributed by atoms with E-state index in [1.165, 1.54) is 12.1 Å². The molecule has 0 radical (unpaired) electrons. The number of aromatic nitrogens is 2. The highest BCUT2D eigenvalue weighted by Gasteiger charge is 2.23. The summed E-state index contributed by atoms with van der Waals surface area (Å²) in [5.74, 6) is 1.00. The first-order valence-corrected chi connectivity index (χ1v) is 9.97. The van der Waals surface area contributed by atoms with E-state index in [4.69, 9.17) is 21.1 Å². The van der Waals surface area contributed by atoms with Gasteiger partial charge in [0.25, 0.3) is 0 Å². The Labute approximate surface area is 178 Å². The SMILES string of the molecule is COc1cc(CN2CCOc3c(Cl)cc(-n4ccc5cc(F)ccc54)cc32)ccn1. The molecule has 4 aromatic rings. The fourth-order valence-electron chi connectivity index (χ4n) is 3.84. The minimum Gasteiger partial charge on any atom is -0.488 e. The van der Waals surface area contributed by atoms with Gasteiger partial charge in [-0.2, -0.15) is 0 Å². The summed E-state index contributed by atoms with van der Waals surface area (Å²) in [5, 5.41) is 1.38. The van der Waals surface area contributed by atoms with Crippen LogP contribution < -0.4 is 14.4 Å². The number of fused-ring (bicyclic) bond motifs is 2. The van der Waals surface area contributed by atoms with Gasteiger partial charge in [0, 0.05) is 36.1 Å². The molecule has 152 valence electrons. The smallest absolute Gasteiger partial charge is 0.213 e. The summed E-state index contributed by atoms with van der Waals surface area (Å²) in [6.45, 7) is 1.96. The molecule has 7 heteroatoms. The molecule has 0 saturated heterocycles. The van der Waals surface area contributed by atoms with Gasteiger partial charge >= 0.3 is 0 Å². The highest BCUT2D eigenvalue weighted by Crippen LogP contribution is 2.41. The number of methoxy groups -OCH3 is 1. The Morgan fingerprint density at radius 1 is 1.17 bits per heavy atom. The molecular weight excluding hydrogens is 405 g/mol. The normalized spacial score (nSPS) is 13.2. The lowest BCUT2D eigenvalue weighted by molar-refractivity contribution is 0.307. The van der Waals surface area contributed by atoms with Crippen molar-refractivity contribution in [2.45, 2.75) is 6.54 Å². The maximum atomic E-state index is 13.6. The van der Waals surface area contributed by atoms with Crippen molar-refractivity contribution in [2.75, 3.05) is 25.2 Å². The zero-order chi connectivity index (χ0) is 20.7. The van der Waals surface area contributed by atoms with E-state index in [1.54, 1.807) is 19.4 Å². The number of halogens is 2. The Morgan fingerprint density at radius 3 is 2.93 bits per heavy atom. The first-order chi connectivity index (χ1) is 14.6. The first kappa shape index (κ1) is 18.8. The van der Waals surface area contributed by atoms with E-state index in [-0.39, 0.29) is 5.82 Å². The van der Waals surface area contributed by atoms with E-state index >= 15 is 0 Å². The lowest BCUT2D eigenvalue weighted by atomic mass is 10.1. The largest absolute Gasteiger partial charge is 0.488 e. The van der Waals surface area contributed by atoms with E-state index in [2.05, 4.69) is 16.0 Å². The summed E-state index contributed by atoms with van der Waals surface area (Å²) < 4.78 is 26.7. The molecule has 0 saturated carbocycles. The van der Waals surface area contributed by atoms with Crippen LogP contribution in [0.15, 0.2) is 60.9 Å². The molecule has 0 fully saturated rings. The van der Waals surface area contributed by atoms with Gasteiger partial charge in [-0.05, 0) is 48.0 Å². The third kappa shape index (κ3) is 3.33. The van der Waals surface area contributed by atoms with Crippen molar-refractivity contribution in [3.8, 4) is 17.3 Å². The molecule has 5 nitrogen and oxygen atoms in total. The Kier molecular flexibility index (Phi) is 4.71. The van der Waals surface area contributed by atoms with Crippen LogP contribution in [0, 0.1) is 5.82 Å². The topological polar surface area (TPSA) is 39.5 Å².